The third-order valence-corrected chi connectivity index (χ3v) is 10.1. The number of amides is 1. The zero-order chi connectivity index (χ0) is 28.6. The smallest absolute Gasteiger partial charge is 0.416 e. The summed E-state index contributed by atoms with van der Waals surface area (Å²) in [6.07, 6.45) is 0.877. The number of alkyl halides is 3. The summed E-state index contributed by atoms with van der Waals surface area (Å²) in [5.41, 5.74) is -0.146. The number of carbonyl (C=O) groups is 1. The Morgan fingerprint density at radius 1 is 1.10 bits per heavy atom. The zero-order valence-electron chi connectivity index (χ0n) is 22.1. The van der Waals surface area contributed by atoms with E-state index in [9.17, 15) is 22.4 Å². The van der Waals surface area contributed by atoms with Gasteiger partial charge in [-0.2, -0.15) is 13.2 Å². The molecule has 0 bridgehead atoms. The molecule has 1 aliphatic heterocycles. The average Bonchev–Trinajstić information content (AvgIpc) is 3.82. The summed E-state index contributed by atoms with van der Waals surface area (Å²) in [4.78, 5) is 14.8. The number of hydrogen-bond donors (Lipinski definition) is 1. The van der Waals surface area contributed by atoms with Crippen LogP contribution in [0.2, 0.25) is 5.02 Å². The van der Waals surface area contributed by atoms with Crippen LogP contribution in [0.15, 0.2) is 24.3 Å². The van der Waals surface area contributed by atoms with Crippen molar-refractivity contribution in [1.29, 1.82) is 0 Å². The first-order chi connectivity index (χ1) is 19.0. The van der Waals surface area contributed by atoms with Crippen molar-refractivity contribution in [3.05, 3.63) is 63.2 Å². The van der Waals surface area contributed by atoms with Crippen molar-refractivity contribution in [2.24, 2.45) is 5.92 Å². The third-order valence-electron chi connectivity index (χ3n) is 7.72. The van der Waals surface area contributed by atoms with Crippen LogP contribution in [0.4, 0.5) is 22.0 Å². The topological polar surface area (TPSA) is 41.6 Å². The van der Waals surface area contributed by atoms with Gasteiger partial charge in [0.15, 0.2) is 0 Å². The van der Waals surface area contributed by atoms with E-state index < -0.39 is 34.3 Å². The van der Waals surface area contributed by atoms with Gasteiger partial charge in [0.2, 0.25) is 0 Å². The number of carbonyl (C=O) groups excluding carboxylic acids is 1. The van der Waals surface area contributed by atoms with Gasteiger partial charge < -0.3 is 9.46 Å². The van der Waals surface area contributed by atoms with E-state index in [1.165, 1.54) is 6.07 Å². The second-order valence-corrected chi connectivity index (χ2v) is 13.3. The van der Waals surface area contributed by atoms with Gasteiger partial charge in [-0.3, -0.25) is 9.69 Å². The molecular formula is C29H32ClF5N2O2S. The maximum atomic E-state index is 15.1. The Labute approximate surface area is 238 Å². The number of ether oxygens (including phenoxy) is 1. The number of likely N-dealkylation sites (tertiary alicyclic amines) is 1. The predicted octanol–water partition coefficient (Wildman–Crippen LogP) is 7.70. The molecule has 1 atom stereocenters. The Morgan fingerprint density at radius 2 is 1.80 bits per heavy atom. The van der Waals surface area contributed by atoms with Gasteiger partial charge in [-0.25, -0.2) is 8.78 Å². The molecule has 1 heterocycles. The van der Waals surface area contributed by atoms with Crippen LogP contribution >= 0.6 is 22.3 Å². The second-order valence-electron chi connectivity index (χ2n) is 10.8. The molecule has 1 N–H and O–H groups in total. The van der Waals surface area contributed by atoms with E-state index in [2.05, 4.69) is 4.72 Å². The van der Waals surface area contributed by atoms with Gasteiger partial charge in [0, 0.05) is 23.4 Å². The number of benzene rings is 2. The molecule has 2 saturated carbocycles. The zero-order valence-corrected chi connectivity index (χ0v) is 23.7. The summed E-state index contributed by atoms with van der Waals surface area (Å²) < 4.78 is 78.0. The molecule has 3 fully saturated rings. The van der Waals surface area contributed by atoms with E-state index >= 15 is 4.39 Å². The highest BCUT2D eigenvalue weighted by Crippen LogP contribution is 2.45. The van der Waals surface area contributed by atoms with Crippen molar-refractivity contribution in [2.75, 3.05) is 19.7 Å². The number of rotatable bonds is 9. The Bertz CT molecular complexity index is 1300. The molecule has 0 aromatic heterocycles. The first kappa shape index (κ1) is 29.3. The molecular weight excluding hydrogens is 571 g/mol. The first-order valence-electron chi connectivity index (χ1n) is 13.6. The lowest BCUT2D eigenvalue weighted by molar-refractivity contribution is -0.137. The van der Waals surface area contributed by atoms with E-state index in [0.29, 0.717) is 49.6 Å². The van der Waals surface area contributed by atoms with Crippen molar-refractivity contribution in [2.45, 2.75) is 69.3 Å². The Kier molecular flexibility index (Phi) is 8.78. The SMILES string of the molecule is C/C=S(/NC(=O)c1cc(C2CC2)c(OCC2CCN(Cc3cc(C(F)(F)F)cc(Cl)c3F)CC2)cc1F)C1CC1. The van der Waals surface area contributed by atoms with Crippen LogP contribution in [-0.2, 0) is 12.7 Å². The summed E-state index contributed by atoms with van der Waals surface area (Å²) in [5, 5.41) is 1.89. The molecule has 1 amide bonds. The van der Waals surface area contributed by atoms with E-state index in [0.717, 1.165) is 37.3 Å². The fraction of sp³-hybridized carbons (Fsp3) is 0.517. The number of nitrogens with zero attached hydrogens (tertiary/aromatic N) is 1. The highest BCUT2D eigenvalue weighted by Gasteiger charge is 2.34. The Hall–Kier alpha value is -2.17. The highest BCUT2D eigenvalue weighted by molar-refractivity contribution is 8.14. The van der Waals surface area contributed by atoms with Gasteiger partial charge in [-0.1, -0.05) is 22.3 Å². The van der Waals surface area contributed by atoms with Gasteiger partial charge in [-0.15, -0.1) is 0 Å². The van der Waals surface area contributed by atoms with Crippen LogP contribution in [-0.4, -0.2) is 41.1 Å². The van der Waals surface area contributed by atoms with Gasteiger partial charge in [0.25, 0.3) is 5.91 Å². The van der Waals surface area contributed by atoms with Crippen molar-refractivity contribution < 1.29 is 31.5 Å². The quantitative estimate of drug-likeness (QED) is 0.236. The first-order valence-corrected chi connectivity index (χ1v) is 15.3. The van der Waals surface area contributed by atoms with E-state index in [1.807, 2.05) is 17.2 Å². The Balaban J connectivity index is 1.19. The lowest BCUT2D eigenvalue weighted by atomic mass is 9.97. The van der Waals surface area contributed by atoms with Gasteiger partial charge in [-0.05, 0) is 99.5 Å². The maximum Gasteiger partial charge on any atom is 0.416 e. The molecule has 3 aliphatic rings. The molecule has 4 nitrogen and oxygen atoms in total. The number of hydrogen-bond acceptors (Lipinski definition) is 3. The summed E-state index contributed by atoms with van der Waals surface area (Å²) >= 11 is 5.73. The second kappa shape index (κ2) is 12.0. The van der Waals surface area contributed by atoms with Crippen LogP contribution in [0.5, 0.6) is 5.75 Å². The summed E-state index contributed by atoms with van der Waals surface area (Å²) in [6, 6.07) is 4.39. The molecule has 2 aromatic rings. The fourth-order valence-corrected chi connectivity index (χ4v) is 6.96. The molecule has 1 unspecified atom stereocenters. The molecule has 0 radical (unpaired) electrons. The molecule has 5 rings (SSSR count). The highest BCUT2D eigenvalue weighted by atomic mass is 35.5. The van der Waals surface area contributed by atoms with Crippen molar-refractivity contribution >= 4 is 33.5 Å². The van der Waals surface area contributed by atoms with Crippen molar-refractivity contribution in [1.82, 2.24) is 9.62 Å². The molecule has 2 aromatic carbocycles. The predicted molar refractivity (Wildman–Crippen MR) is 148 cm³/mol. The molecule has 1 saturated heterocycles. The monoisotopic (exact) mass is 602 g/mol. The summed E-state index contributed by atoms with van der Waals surface area (Å²) in [5.74, 6) is -0.970. The van der Waals surface area contributed by atoms with Crippen molar-refractivity contribution in [3.63, 3.8) is 0 Å². The molecule has 0 spiro atoms. The van der Waals surface area contributed by atoms with E-state index in [1.54, 1.807) is 6.07 Å². The minimum Gasteiger partial charge on any atom is -0.493 e. The van der Waals surface area contributed by atoms with Gasteiger partial charge in [0.05, 0.1) is 22.8 Å². The average molecular weight is 603 g/mol. The largest absolute Gasteiger partial charge is 0.493 e. The lowest BCUT2D eigenvalue weighted by Gasteiger charge is -2.32. The fourth-order valence-electron chi connectivity index (χ4n) is 5.09. The molecule has 218 valence electrons. The lowest BCUT2D eigenvalue weighted by Crippen LogP contribution is -2.35. The van der Waals surface area contributed by atoms with Crippen LogP contribution in [0.3, 0.4) is 0 Å². The van der Waals surface area contributed by atoms with Crippen LogP contribution in [0.1, 0.15) is 78.4 Å². The molecule has 11 heteroatoms. The van der Waals surface area contributed by atoms with E-state index in [4.69, 9.17) is 16.3 Å². The van der Waals surface area contributed by atoms with Crippen molar-refractivity contribution in [3.8, 4) is 5.75 Å². The molecule has 40 heavy (non-hydrogen) atoms. The molecule has 2 aliphatic carbocycles. The van der Waals surface area contributed by atoms with E-state index in [-0.39, 0.29) is 40.2 Å². The maximum absolute atomic E-state index is 15.1. The Morgan fingerprint density at radius 3 is 2.40 bits per heavy atom. The number of nitrogens with one attached hydrogen (secondary N) is 1. The van der Waals surface area contributed by atoms with Crippen LogP contribution in [0.25, 0.3) is 0 Å². The van der Waals surface area contributed by atoms with Crippen LogP contribution in [0, 0.1) is 17.6 Å². The standard InChI is InChI=1S/C29H32ClF5N2O2S/c1-2-40(21-5-6-21)36-28(38)23-13-22(18-3-4-18)26(14-25(23)31)39-16-17-7-9-37(10-8-17)15-19-11-20(29(33,34)35)12-24(30)27(19)32/h2,11-14,17-18,21H,3-10,15-16H2,1H3,(H,36,38). The summed E-state index contributed by atoms with van der Waals surface area (Å²) in [6.45, 7) is 3.41. The van der Waals surface area contributed by atoms with Gasteiger partial charge in [0.1, 0.15) is 17.4 Å². The number of piperidine rings is 1. The normalized spacial score (nSPS) is 19.6. The number of halogens is 6. The minimum atomic E-state index is -4.61. The van der Waals surface area contributed by atoms with Gasteiger partial charge >= 0.3 is 6.18 Å². The third kappa shape index (κ3) is 6.99. The minimum absolute atomic E-state index is 0.0293. The summed E-state index contributed by atoms with van der Waals surface area (Å²) in [7, 11) is -0.353. The van der Waals surface area contributed by atoms with Crippen LogP contribution < -0.4 is 9.46 Å².